The summed E-state index contributed by atoms with van der Waals surface area (Å²) >= 11 is 0. The first-order valence-corrected chi connectivity index (χ1v) is 5.76. The second-order valence-corrected chi connectivity index (χ2v) is 4.46. The van der Waals surface area contributed by atoms with Gasteiger partial charge in [-0.05, 0) is 12.1 Å². The fourth-order valence-corrected chi connectivity index (χ4v) is 1.84. The van der Waals surface area contributed by atoms with E-state index in [0.717, 1.165) is 0 Å². The van der Waals surface area contributed by atoms with Gasteiger partial charge in [-0.3, -0.25) is 9.78 Å². The molecule has 1 atom stereocenters. The van der Waals surface area contributed by atoms with Gasteiger partial charge in [0.25, 0.3) is 0 Å². The highest BCUT2D eigenvalue weighted by Crippen LogP contribution is 2.24. The van der Waals surface area contributed by atoms with Crippen molar-refractivity contribution in [3.05, 3.63) is 24.5 Å². The number of rotatable bonds is 3. The monoisotopic (exact) mass is 249 g/mol. The summed E-state index contributed by atoms with van der Waals surface area (Å²) in [5, 5.41) is 11.6. The van der Waals surface area contributed by atoms with E-state index in [9.17, 15) is 9.59 Å². The molecule has 1 aliphatic heterocycles. The van der Waals surface area contributed by atoms with E-state index in [-0.39, 0.29) is 11.9 Å². The summed E-state index contributed by atoms with van der Waals surface area (Å²) in [5.74, 6) is -1.18. The van der Waals surface area contributed by atoms with Crippen LogP contribution in [0, 0.1) is 11.8 Å². The van der Waals surface area contributed by atoms with Crippen molar-refractivity contribution in [3.63, 3.8) is 0 Å². The molecule has 1 aliphatic rings. The van der Waals surface area contributed by atoms with Crippen LogP contribution < -0.4 is 5.32 Å². The normalized spacial score (nSPS) is 16.8. The van der Waals surface area contributed by atoms with E-state index in [4.69, 9.17) is 5.11 Å². The number of pyridine rings is 1. The van der Waals surface area contributed by atoms with Crippen molar-refractivity contribution < 1.29 is 14.7 Å². The molecule has 1 aromatic rings. The highest BCUT2D eigenvalue weighted by molar-refractivity contribution is 5.89. The fraction of sp³-hybridized carbons (Fsp3) is 0.417. The minimum Gasteiger partial charge on any atom is -0.481 e. The molecule has 0 spiro atoms. The van der Waals surface area contributed by atoms with E-state index in [1.807, 2.05) is 0 Å². The largest absolute Gasteiger partial charge is 0.481 e. The average molecular weight is 249 g/mol. The van der Waals surface area contributed by atoms with Crippen molar-refractivity contribution in [3.8, 4) is 0 Å². The summed E-state index contributed by atoms with van der Waals surface area (Å²) in [6, 6.07) is 3.28. The summed E-state index contributed by atoms with van der Waals surface area (Å²) in [7, 11) is 0. The van der Waals surface area contributed by atoms with Gasteiger partial charge >= 0.3 is 12.0 Å². The van der Waals surface area contributed by atoms with Crippen LogP contribution in [-0.4, -0.2) is 40.1 Å². The Morgan fingerprint density at radius 1 is 1.56 bits per heavy atom. The van der Waals surface area contributed by atoms with Gasteiger partial charge in [-0.15, -0.1) is 0 Å². The van der Waals surface area contributed by atoms with Crippen LogP contribution in [0.3, 0.4) is 0 Å². The summed E-state index contributed by atoms with van der Waals surface area (Å²) in [4.78, 5) is 28.0. The maximum Gasteiger partial charge on any atom is 0.321 e. The number of likely N-dealkylation sites (tertiary alicyclic amines) is 1. The fourth-order valence-electron chi connectivity index (χ4n) is 1.84. The highest BCUT2D eigenvalue weighted by atomic mass is 16.4. The molecule has 6 heteroatoms. The topological polar surface area (TPSA) is 82.5 Å². The SMILES string of the molecule is CC(C(=O)O)C1CN(C(=O)Nc2cccnc2)C1. The standard InChI is InChI=1S/C12H15N3O3/c1-8(11(16)17)9-6-15(7-9)12(18)14-10-3-2-4-13-5-10/h2-5,8-9H,6-7H2,1H3,(H,14,18)(H,16,17). The van der Waals surface area contributed by atoms with Crippen LogP contribution in [0.15, 0.2) is 24.5 Å². The Kier molecular flexibility index (Phi) is 3.45. The smallest absolute Gasteiger partial charge is 0.321 e. The van der Waals surface area contributed by atoms with Gasteiger partial charge in [0.15, 0.2) is 0 Å². The van der Waals surface area contributed by atoms with E-state index in [1.165, 1.54) is 0 Å². The minimum absolute atomic E-state index is 0.0437. The van der Waals surface area contributed by atoms with Gasteiger partial charge in [0.1, 0.15) is 0 Å². The van der Waals surface area contributed by atoms with Gasteiger partial charge in [-0.1, -0.05) is 6.92 Å². The van der Waals surface area contributed by atoms with Crippen LogP contribution in [-0.2, 0) is 4.79 Å². The Labute approximate surface area is 105 Å². The zero-order chi connectivity index (χ0) is 13.1. The van der Waals surface area contributed by atoms with E-state index in [2.05, 4.69) is 10.3 Å². The number of amides is 2. The van der Waals surface area contributed by atoms with E-state index in [1.54, 1.807) is 36.4 Å². The number of hydrogen-bond acceptors (Lipinski definition) is 3. The Morgan fingerprint density at radius 3 is 2.83 bits per heavy atom. The maximum absolute atomic E-state index is 11.8. The van der Waals surface area contributed by atoms with Gasteiger partial charge in [-0.25, -0.2) is 4.79 Å². The number of nitrogens with one attached hydrogen (secondary N) is 1. The van der Waals surface area contributed by atoms with Crippen LogP contribution >= 0.6 is 0 Å². The minimum atomic E-state index is -0.813. The van der Waals surface area contributed by atoms with E-state index in [0.29, 0.717) is 18.8 Å². The molecule has 2 heterocycles. The Morgan fingerprint density at radius 2 is 2.28 bits per heavy atom. The molecule has 2 N–H and O–H groups in total. The van der Waals surface area contributed by atoms with Gasteiger partial charge in [0.05, 0.1) is 17.8 Å². The molecule has 1 fully saturated rings. The third-order valence-corrected chi connectivity index (χ3v) is 3.21. The third-order valence-electron chi connectivity index (χ3n) is 3.21. The predicted octanol–water partition coefficient (Wildman–Crippen LogP) is 1.27. The first kappa shape index (κ1) is 12.3. The third kappa shape index (κ3) is 2.58. The van der Waals surface area contributed by atoms with E-state index < -0.39 is 11.9 Å². The van der Waals surface area contributed by atoms with Gasteiger partial charge in [0, 0.05) is 25.2 Å². The number of carboxylic acid groups (broad SMARTS) is 1. The van der Waals surface area contributed by atoms with Gasteiger partial charge in [-0.2, -0.15) is 0 Å². The molecule has 0 radical (unpaired) electrons. The summed E-state index contributed by atoms with van der Waals surface area (Å²) < 4.78 is 0. The van der Waals surface area contributed by atoms with Crippen molar-refractivity contribution in [2.45, 2.75) is 6.92 Å². The molecule has 6 nitrogen and oxygen atoms in total. The first-order valence-electron chi connectivity index (χ1n) is 5.76. The molecule has 96 valence electrons. The second-order valence-electron chi connectivity index (χ2n) is 4.46. The molecule has 1 unspecified atom stereocenters. The number of carbonyl (C=O) groups is 2. The van der Waals surface area contributed by atoms with Crippen molar-refractivity contribution >= 4 is 17.7 Å². The van der Waals surface area contributed by atoms with Gasteiger partial charge in [0.2, 0.25) is 0 Å². The number of anilines is 1. The van der Waals surface area contributed by atoms with Crippen molar-refractivity contribution in [2.24, 2.45) is 11.8 Å². The maximum atomic E-state index is 11.8. The molecule has 2 amide bonds. The van der Waals surface area contributed by atoms with Crippen LogP contribution in [0.5, 0.6) is 0 Å². The molecule has 0 bridgehead atoms. The zero-order valence-corrected chi connectivity index (χ0v) is 10.0. The number of aromatic nitrogens is 1. The zero-order valence-electron chi connectivity index (χ0n) is 10.0. The summed E-state index contributed by atoms with van der Waals surface area (Å²) in [5.41, 5.74) is 0.636. The van der Waals surface area contributed by atoms with Crippen LogP contribution in [0.1, 0.15) is 6.92 Å². The molecule has 0 saturated carbocycles. The molecular formula is C12H15N3O3. The number of aliphatic carboxylic acids is 1. The highest BCUT2D eigenvalue weighted by Gasteiger charge is 2.37. The quantitative estimate of drug-likeness (QED) is 0.845. The van der Waals surface area contributed by atoms with E-state index >= 15 is 0 Å². The Hall–Kier alpha value is -2.11. The molecule has 0 aromatic carbocycles. The average Bonchev–Trinajstić information content (AvgIpc) is 2.28. The van der Waals surface area contributed by atoms with Gasteiger partial charge < -0.3 is 15.3 Å². The lowest BCUT2D eigenvalue weighted by Crippen LogP contribution is -2.54. The molecular weight excluding hydrogens is 234 g/mol. The van der Waals surface area contributed by atoms with Crippen LogP contribution in [0.2, 0.25) is 0 Å². The summed E-state index contributed by atoms with van der Waals surface area (Å²) in [6.45, 7) is 2.64. The lowest BCUT2D eigenvalue weighted by Gasteiger charge is -2.40. The number of hydrogen-bond donors (Lipinski definition) is 2. The number of carboxylic acids is 1. The van der Waals surface area contributed by atoms with Crippen LogP contribution in [0.25, 0.3) is 0 Å². The molecule has 18 heavy (non-hydrogen) atoms. The van der Waals surface area contributed by atoms with Crippen molar-refractivity contribution in [1.82, 2.24) is 9.88 Å². The summed E-state index contributed by atoms with van der Waals surface area (Å²) in [6.07, 6.45) is 3.19. The first-order chi connectivity index (χ1) is 8.58. The molecule has 1 aromatic heterocycles. The molecule has 1 saturated heterocycles. The number of urea groups is 1. The van der Waals surface area contributed by atoms with Crippen molar-refractivity contribution in [1.29, 1.82) is 0 Å². The van der Waals surface area contributed by atoms with Crippen molar-refractivity contribution in [2.75, 3.05) is 18.4 Å². The Balaban J connectivity index is 1.82. The Bertz CT molecular complexity index is 443. The predicted molar refractivity (Wildman–Crippen MR) is 65.1 cm³/mol. The molecule has 0 aliphatic carbocycles. The second kappa shape index (κ2) is 5.03. The number of carbonyl (C=O) groups excluding carboxylic acids is 1. The van der Waals surface area contributed by atoms with Crippen LogP contribution in [0.4, 0.5) is 10.5 Å². The number of nitrogens with zero attached hydrogens (tertiary/aromatic N) is 2. The molecule has 2 rings (SSSR count). The lowest BCUT2D eigenvalue weighted by atomic mass is 9.87. The lowest BCUT2D eigenvalue weighted by molar-refractivity contribution is -0.144.